The molecule has 32 heavy (non-hydrogen) atoms. The van der Waals surface area contributed by atoms with Gasteiger partial charge in [-0.1, -0.05) is 42.5 Å². The molecule has 0 bridgehead atoms. The number of aromatic amines is 1. The lowest BCUT2D eigenvalue weighted by Gasteiger charge is -2.21. The lowest BCUT2D eigenvalue weighted by Crippen LogP contribution is -2.29. The first-order valence-corrected chi connectivity index (χ1v) is 10.4. The third-order valence-corrected chi connectivity index (χ3v) is 5.83. The van der Waals surface area contributed by atoms with Gasteiger partial charge in [0, 0.05) is 36.5 Å². The monoisotopic (exact) mass is 431 g/mol. The molecule has 7 nitrogen and oxygen atoms in total. The fourth-order valence-electron chi connectivity index (χ4n) is 4.20. The molecule has 0 radical (unpaired) electrons. The zero-order valence-corrected chi connectivity index (χ0v) is 18.0. The Morgan fingerprint density at radius 3 is 2.75 bits per heavy atom. The lowest BCUT2D eigenvalue weighted by atomic mass is 9.85. The lowest BCUT2D eigenvalue weighted by molar-refractivity contribution is -0.140. The summed E-state index contributed by atoms with van der Waals surface area (Å²) in [5.41, 5.74) is 2.23. The topological polar surface area (TPSA) is 97.2 Å². The minimum absolute atomic E-state index is 0.0586. The number of carbonyl (C=O) groups is 1. The molecule has 0 spiro atoms. The number of hydrogen-bond donors (Lipinski definition) is 2. The molecule has 0 aliphatic rings. The maximum Gasteiger partial charge on any atom is 0.306 e. The van der Waals surface area contributed by atoms with E-state index in [-0.39, 0.29) is 23.3 Å². The van der Waals surface area contributed by atoms with Gasteiger partial charge in [0.15, 0.2) is 0 Å². The standard InChI is InChI=1S/C25H25N3O4/c1-16-12-22(29)24(25(31)28(16)11-10-18-14-26-15-27-18)21(13-23(30)32-2)20-9-5-7-17-6-3-4-8-19(17)20/h3-9,12,14-15,21,29H,10-11,13H2,1-2H3,(H,26,27)/t21-/m1/s1. The number of nitrogens with one attached hydrogen (secondary N) is 1. The van der Waals surface area contributed by atoms with Crippen molar-refractivity contribution in [2.75, 3.05) is 7.11 Å². The van der Waals surface area contributed by atoms with Crippen LogP contribution in [0, 0.1) is 6.92 Å². The van der Waals surface area contributed by atoms with E-state index in [0.717, 1.165) is 22.0 Å². The van der Waals surface area contributed by atoms with Crippen LogP contribution < -0.4 is 5.56 Å². The number of H-pyrrole nitrogens is 1. The minimum Gasteiger partial charge on any atom is -0.507 e. The first kappa shape index (κ1) is 21.4. The van der Waals surface area contributed by atoms with E-state index in [9.17, 15) is 14.7 Å². The number of hydrogen-bond acceptors (Lipinski definition) is 5. The highest BCUT2D eigenvalue weighted by Gasteiger charge is 2.27. The van der Waals surface area contributed by atoms with E-state index in [4.69, 9.17) is 4.74 Å². The van der Waals surface area contributed by atoms with E-state index in [2.05, 4.69) is 9.97 Å². The van der Waals surface area contributed by atoms with Crippen molar-refractivity contribution in [3.63, 3.8) is 0 Å². The van der Waals surface area contributed by atoms with Crippen LogP contribution in [-0.2, 0) is 22.5 Å². The van der Waals surface area contributed by atoms with Crippen molar-refractivity contribution < 1.29 is 14.6 Å². The molecule has 4 rings (SSSR count). The molecule has 0 aliphatic carbocycles. The molecular weight excluding hydrogens is 406 g/mol. The third-order valence-electron chi connectivity index (χ3n) is 5.83. The predicted octanol–water partition coefficient (Wildman–Crippen LogP) is 3.68. The summed E-state index contributed by atoms with van der Waals surface area (Å²) in [5, 5.41) is 12.8. The van der Waals surface area contributed by atoms with Crippen molar-refractivity contribution in [1.29, 1.82) is 0 Å². The van der Waals surface area contributed by atoms with Crippen LogP contribution in [0.2, 0.25) is 0 Å². The molecule has 4 aromatic rings. The summed E-state index contributed by atoms with van der Waals surface area (Å²) < 4.78 is 6.56. The molecule has 0 saturated heterocycles. The number of nitrogens with zero attached hydrogens (tertiary/aromatic N) is 2. The van der Waals surface area contributed by atoms with Crippen molar-refractivity contribution in [2.45, 2.75) is 32.2 Å². The molecule has 2 aromatic heterocycles. The van der Waals surface area contributed by atoms with Crippen LogP contribution in [0.1, 0.15) is 34.9 Å². The minimum atomic E-state index is -0.653. The van der Waals surface area contributed by atoms with E-state index >= 15 is 0 Å². The number of aromatic hydroxyl groups is 1. The van der Waals surface area contributed by atoms with Crippen molar-refractivity contribution in [3.8, 4) is 5.75 Å². The second-order valence-electron chi connectivity index (χ2n) is 7.77. The summed E-state index contributed by atoms with van der Waals surface area (Å²) in [4.78, 5) is 33.0. The fraction of sp³-hybridized carbons (Fsp3) is 0.240. The largest absolute Gasteiger partial charge is 0.507 e. The Morgan fingerprint density at radius 1 is 1.22 bits per heavy atom. The maximum absolute atomic E-state index is 13.6. The van der Waals surface area contributed by atoms with Crippen molar-refractivity contribution >= 4 is 16.7 Å². The van der Waals surface area contributed by atoms with Gasteiger partial charge >= 0.3 is 5.97 Å². The second-order valence-corrected chi connectivity index (χ2v) is 7.77. The molecule has 7 heteroatoms. The Morgan fingerprint density at radius 2 is 2.00 bits per heavy atom. The van der Waals surface area contributed by atoms with Gasteiger partial charge in [-0.15, -0.1) is 0 Å². The van der Waals surface area contributed by atoms with E-state index < -0.39 is 11.9 Å². The highest BCUT2D eigenvalue weighted by molar-refractivity contribution is 5.87. The van der Waals surface area contributed by atoms with Crippen molar-refractivity contribution in [3.05, 3.63) is 93.9 Å². The van der Waals surface area contributed by atoms with Gasteiger partial charge < -0.3 is 19.4 Å². The Labute approximate surface area is 185 Å². The Kier molecular flexibility index (Phi) is 6.07. The molecule has 2 aromatic carbocycles. The van der Waals surface area contributed by atoms with Crippen LogP contribution in [0.4, 0.5) is 0 Å². The average Bonchev–Trinajstić information content (AvgIpc) is 3.31. The van der Waals surface area contributed by atoms with E-state index in [0.29, 0.717) is 18.7 Å². The molecule has 0 aliphatic heterocycles. The van der Waals surface area contributed by atoms with Crippen LogP contribution in [0.25, 0.3) is 10.8 Å². The summed E-state index contributed by atoms with van der Waals surface area (Å²) in [7, 11) is 1.32. The summed E-state index contributed by atoms with van der Waals surface area (Å²) in [5.74, 6) is -1.22. The van der Waals surface area contributed by atoms with Crippen LogP contribution in [-0.4, -0.2) is 32.7 Å². The Hall–Kier alpha value is -3.87. The first-order chi connectivity index (χ1) is 15.5. The number of esters is 1. The van der Waals surface area contributed by atoms with Gasteiger partial charge in [0.1, 0.15) is 5.75 Å². The molecule has 0 saturated carbocycles. The fourth-order valence-corrected chi connectivity index (χ4v) is 4.20. The van der Waals surface area contributed by atoms with Gasteiger partial charge in [-0.2, -0.15) is 0 Å². The first-order valence-electron chi connectivity index (χ1n) is 10.4. The quantitative estimate of drug-likeness (QED) is 0.435. The van der Waals surface area contributed by atoms with Crippen LogP contribution in [0.3, 0.4) is 0 Å². The summed E-state index contributed by atoms with van der Waals surface area (Å²) in [6.45, 7) is 2.20. The summed E-state index contributed by atoms with van der Waals surface area (Å²) >= 11 is 0. The molecule has 164 valence electrons. The number of aryl methyl sites for hydroxylation is 2. The number of aromatic nitrogens is 3. The number of imidazole rings is 1. The van der Waals surface area contributed by atoms with Crippen molar-refractivity contribution in [1.82, 2.24) is 14.5 Å². The van der Waals surface area contributed by atoms with Crippen LogP contribution in [0.5, 0.6) is 5.75 Å². The van der Waals surface area contributed by atoms with Gasteiger partial charge in [-0.05, 0) is 29.3 Å². The van der Waals surface area contributed by atoms with Crippen LogP contribution in [0.15, 0.2) is 65.8 Å². The van der Waals surface area contributed by atoms with Crippen LogP contribution >= 0.6 is 0 Å². The second kappa shape index (κ2) is 9.09. The summed E-state index contributed by atoms with van der Waals surface area (Å²) in [6, 6.07) is 15.1. The SMILES string of the molecule is COC(=O)C[C@@H](c1c(O)cc(C)n(CCc2cnc[nH]2)c1=O)c1cccc2ccccc12. The van der Waals surface area contributed by atoms with Gasteiger partial charge in [0.25, 0.3) is 5.56 Å². The number of fused-ring (bicyclic) bond motifs is 1. The molecule has 2 heterocycles. The number of carbonyl (C=O) groups excluding carboxylic acids is 1. The van der Waals surface area contributed by atoms with E-state index in [1.54, 1.807) is 30.1 Å². The third kappa shape index (κ3) is 4.14. The van der Waals surface area contributed by atoms with Crippen molar-refractivity contribution in [2.24, 2.45) is 0 Å². The zero-order valence-electron chi connectivity index (χ0n) is 18.0. The Bertz CT molecular complexity index is 1300. The number of benzene rings is 2. The Balaban J connectivity index is 1.86. The van der Waals surface area contributed by atoms with Gasteiger partial charge in [-0.25, -0.2) is 4.98 Å². The number of ether oxygens (including phenoxy) is 1. The van der Waals surface area contributed by atoms with Gasteiger partial charge in [0.2, 0.25) is 0 Å². The highest BCUT2D eigenvalue weighted by atomic mass is 16.5. The molecule has 2 N–H and O–H groups in total. The van der Waals surface area contributed by atoms with E-state index in [1.165, 1.54) is 7.11 Å². The highest BCUT2D eigenvalue weighted by Crippen LogP contribution is 2.36. The average molecular weight is 431 g/mol. The smallest absolute Gasteiger partial charge is 0.306 e. The van der Waals surface area contributed by atoms with E-state index in [1.807, 2.05) is 42.5 Å². The number of pyridine rings is 1. The molecule has 0 unspecified atom stereocenters. The molecule has 1 atom stereocenters. The molecule has 0 fully saturated rings. The van der Waals surface area contributed by atoms with Gasteiger partial charge in [-0.3, -0.25) is 9.59 Å². The normalized spacial score (nSPS) is 12.1. The summed E-state index contributed by atoms with van der Waals surface area (Å²) in [6.07, 6.45) is 3.84. The zero-order chi connectivity index (χ0) is 22.7. The number of rotatable bonds is 7. The van der Waals surface area contributed by atoms with Gasteiger partial charge in [0.05, 0.1) is 25.4 Å². The molecular formula is C25H25N3O4. The molecule has 0 amide bonds. The predicted molar refractivity (Wildman–Crippen MR) is 122 cm³/mol. The number of methoxy groups -OCH3 is 1. The maximum atomic E-state index is 13.6.